The number of nitrogens with zero attached hydrogens (tertiary/aromatic N) is 1. The maximum Gasteiger partial charge on any atom is 0.175 e. The molecular weight excluding hydrogens is 256 g/mol. The summed E-state index contributed by atoms with van der Waals surface area (Å²) in [6.07, 6.45) is 4.88. The van der Waals surface area contributed by atoms with Crippen LogP contribution in [0, 0.1) is 0 Å². The van der Waals surface area contributed by atoms with Gasteiger partial charge in [0, 0.05) is 6.26 Å². The van der Waals surface area contributed by atoms with Gasteiger partial charge in [-0.25, -0.2) is 13.4 Å². The predicted molar refractivity (Wildman–Crippen MR) is 68.9 cm³/mol. The summed E-state index contributed by atoms with van der Waals surface area (Å²) in [5.74, 6) is 0. The van der Waals surface area contributed by atoms with Crippen molar-refractivity contribution in [2.24, 2.45) is 0 Å². The Balaban J connectivity index is 2.35. The van der Waals surface area contributed by atoms with Crippen LogP contribution >= 0.6 is 11.8 Å². The molecule has 1 aromatic carbocycles. The lowest BCUT2D eigenvalue weighted by atomic mass is 10.2. The number of hydrogen-bond acceptors (Lipinski definition) is 4. The molecule has 0 bridgehead atoms. The molecule has 1 aromatic heterocycles. The molecule has 0 saturated heterocycles. The molecule has 2 aromatic rings. The van der Waals surface area contributed by atoms with E-state index in [1.165, 1.54) is 18.0 Å². The molecule has 0 aliphatic rings. The molecule has 4 nitrogen and oxygen atoms in total. The largest absolute Gasteiger partial charge is 0.333 e. The number of benzene rings is 1. The van der Waals surface area contributed by atoms with E-state index in [0.717, 1.165) is 16.4 Å². The summed E-state index contributed by atoms with van der Waals surface area (Å²) in [6, 6.07) is 6.75. The van der Waals surface area contributed by atoms with Crippen LogP contribution in [0.15, 0.2) is 40.5 Å². The highest BCUT2D eigenvalue weighted by atomic mass is 32.2. The van der Waals surface area contributed by atoms with Crippen molar-refractivity contribution < 1.29 is 8.42 Å². The van der Waals surface area contributed by atoms with Crippen molar-refractivity contribution in [3.05, 3.63) is 30.5 Å². The molecule has 6 heteroatoms. The SMILES string of the molecule is CSc1ncc(-c2ccc(S(C)(=O)=O)cc2)[nH]1. The number of imidazole rings is 1. The van der Waals surface area contributed by atoms with E-state index in [1.807, 2.05) is 6.26 Å². The van der Waals surface area contributed by atoms with Crippen LogP contribution in [0.2, 0.25) is 0 Å². The van der Waals surface area contributed by atoms with Crippen LogP contribution in [0.25, 0.3) is 11.3 Å². The van der Waals surface area contributed by atoms with Crippen LogP contribution in [0.1, 0.15) is 0 Å². The number of H-pyrrole nitrogens is 1. The maximum atomic E-state index is 11.3. The first-order chi connectivity index (χ1) is 8.00. The van der Waals surface area contributed by atoms with Crippen LogP contribution in [-0.4, -0.2) is 30.9 Å². The first kappa shape index (κ1) is 12.2. The van der Waals surface area contributed by atoms with E-state index in [9.17, 15) is 8.42 Å². The van der Waals surface area contributed by atoms with Crippen molar-refractivity contribution in [3.63, 3.8) is 0 Å². The molecule has 0 unspecified atom stereocenters. The highest BCUT2D eigenvalue weighted by Crippen LogP contribution is 2.21. The Bertz CT molecular complexity index is 615. The van der Waals surface area contributed by atoms with E-state index in [-0.39, 0.29) is 0 Å². The van der Waals surface area contributed by atoms with E-state index in [2.05, 4.69) is 9.97 Å². The first-order valence-electron chi connectivity index (χ1n) is 4.90. The highest BCUT2D eigenvalue weighted by molar-refractivity contribution is 7.98. The molecule has 0 aliphatic heterocycles. The number of sulfone groups is 1. The van der Waals surface area contributed by atoms with Crippen LogP contribution in [0.5, 0.6) is 0 Å². The molecule has 0 amide bonds. The first-order valence-corrected chi connectivity index (χ1v) is 8.02. The third-order valence-corrected chi connectivity index (χ3v) is 4.06. The molecule has 0 radical (unpaired) electrons. The molecule has 0 aliphatic carbocycles. The monoisotopic (exact) mass is 268 g/mol. The zero-order chi connectivity index (χ0) is 12.5. The summed E-state index contributed by atoms with van der Waals surface area (Å²) in [7, 11) is -3.13. The highest BCUT2D eigenvalue weighted by Gasteiger charge is 2.07. The second-order valence-electron chi connectivity index (χ2n) is 3.60. The van der Waals surface area contributed by atoms with Gasteiger partial charge in [-0.3, -0.25) is 0 Å². The van der Waals surface area contributed by atoms with Crippen molar-refractivity contribution in [2.75, 3.05) is 12.5 Å². The van der Waals surface area contributed by atoms with E-state index < -0.39 is 9.84 Å². The van der Waals surface area contributed by atoms with Crippen LogP contribution in [-0.2, 0) is 9.84 Å². The van der Waals surface area contributed by atoms with Crippen molar-refractivity contribution >= 4 is 21.6 Å². The Morgan fingerprint density at radius 2 is 1.88 bits per heavy atom. The summed E-state index contributed by atoms with van der Waals surface area (Å²) in [4.78, 5) is 7.64. The summed E-state index contributed by atoms with van der Waals surface area (Å²) in [6.45, 7) is 0. The van der Waals surface area contributed by atoms with E-state index in [4.69, 9.17) is 0 Å². The molecule has 1 heterocycles. The van der Waals surface area contributed by atoms with Crippen LogP contribution < -0.4 is 0 Å². The third-order valence-electron chi connectivity index (χ3n) is 2.34. The molecule has 0 spiro atoms. The summed E-state index contributed by atoms with van der Waals surface area (Å²) >= 11 is 1.53. The Hall–Kier alpha value is -1.27. The normalized spacial score (nSPS) is 11.6. The van der Waals surface area contributed by atoms with Gasteiger partial charge >= 0.3 is 0 Å². The minimum atomic E-state index is -3.13. The van der Waals surface area contributed by atoms with Gasteiger partial charge in [0.25, 0.3) is 0 Å². The van der Waals surface area contributed by atoms with Crippen molar-refractivity contribution in [2.45, 2.75) is 10.1 Å². The number of aromatic nitrogens is 2. The number of nitrogens with one attached hydrogen (secondary N) is 1. The van der Waals surface area contributed by atoms with Gasteiger partial charge in [0.2, 0.25) is 0 Å². The van der Waals surface area contributed by atoms with E-state index >= 15 is 0 Å². The van der Waals surface area contributed by atoms with Gasteiger partial charge in [0.1, 0.15) is 0 Å². The van der Waals surface area contributed by atoms with Gasteiger partial charge in [0.05, 0.1) is 16.8 Å². The third kappa shape index (κ3) is 2.70. The average molecular weight is 268 g/mol. The zero-order valence-corrected chi connectivity index (χ0v) is 11.1. The fourth-order valence-corrected chi connectivity index (χ4v) is 2.44. The van der Waals surface area contributed by atoms with Crippen molar-refractivity contribution in [1.82, 2.24) is 9.97 Å². The van der Waals surface area contributed by atoms with Crippen molar-refractivity contribution in [1.29, 1.82) is 0 Å². The number of aromatic amines is 1. The minimum Gasteiger partial charge on any atom is -0.333 e. The lowest BCUT2D eigenvalue weighted by Crippen LogP contribution is -1.96. The predicted octanol–water partition coefficient (Wildman–Crippen LogP) is 2.20. The molecule has 0 atom stereocenters. The lowest BCUT2D eigenvalue weighted by Gasteiger charge is -2.00. The van der Waals surface area contributed by atoms with E-state index in [1.54, 1.807) is 30.5 Å². The minimum absolute atomic E-state index is 0.325. The number of thioether (sulfide) groups is 1. The second kappa shape index (κ2) is 4.54. The standard InChI is InChI=1S/C11H12N2O2S2/c1-16-11-12-7-10(13-11)8-3-5-9(6-4-8)17(2,14)15/h3-7H,1-2H3,(H,12,13). The fourth-order valence-electron chi connectivity index (χ4n) is 1.44. The quantitative estimate of drug-likeness (QED) is 0.867. The van der Waals surface area contributed by atoms with Gasteiger partial charge in [-0.15, -0.1) is 0 Å². The Morgan fingerprint density at radius 1 is 1.24 bits per heavy atom. The van der Waals surface area contributed by atoms with Gasteiger partial charge in [-0.05, 0) is 24.0 Å². The molecule has 17 heavy (non-hydrogen) atoms. The van der Waals surface area contributed by atoms with Crippen molar-refractivity contribution in [3.8, 4) is 11.3 Å². The smallest absolute Gasteiger partial charge is 0.175 e. The topological polar surface area (TPSA) is 62.8 Å². The van der Waals surface area contributed by atoms with Gasteiger partial charge in [0.15, 0.2) is 15.0 Å². The zero-order valence-electron chi connectivity index (χ0n) is 9.47. The molecule has 90 valence electrons. The molecule has 0 saturated carbocycles. The average Bonchev–Trinajstić information content (AvgIpc) is 2.76. The summed E-state index contributed by atoms with van der Waals surface area (Å²) in [5, 5.41) is 0.840. The van der Waals surface area contributed by atoms with E-state index in [0.29, 0.717) is 4.90 Å². The number of rotatable bonds is 3. The van der Waals surface area contributed by atoms with Crippen LogP contribution in [0.4, 0.5) is 0 Å². The van der Waals surface area contributed by atoms with Gasteiger partial charge in [-0.2, -0.15) is 0 Å². The maximum absolute atomic E-state index is 11.3. The number of hydrogen-bond donors (Lipinski definition) is 1. The lowest BCUT2D eigenvalue weighted by molar-refractivity contribution is 0.602. The van der Waals surface area contributed by atoms with Crippen LogP contribution in [0.3, 0.4) is 0 Å². The second-order valence-corrected chi connectivity index (χ2v) is 6.41. The molecule has 1 N–H and O–H groups in total. The summed E-state index contributed by atoms with van der Waals surface area (Å²) < 4.78 is 22.6. The van der Waals surface area contributed by atoms with Gasteiger partial charge < -0.3 is 4.98 Å². The molecule has 2 rings (SSSR count). The Kier molecular flexibility index (Phi) is 3.26. The summed E-state index contributed by atoms with van der Waals surface area (Å²) in [5.41, 5.74) is 1.81. The molecule has 0 fully saturated rings. The molecular formula is C11H12N2O2S2. The Morgan fingerprint density at radius 3 is 2.35 bits per heavy atom. The Labute approximate surface area is 104 Å². The van der Waals surface area contributed by atoms with Gasteiger partial charge in [-0.1, -0.05) is 23.9 Å². The fraction of sp³-hybridized carbons (Fsp3) is 0.182.